The average molecular weight is 330 g/mol. The van der Waals surface area contributed by atoms with Gasteiger partial charge in [0.2, 0.25) is 0 Å². The van der Waals surface area contributed by atoms with E-state index >= 15 is 0 Å². The van der Waals surface area contributed by atoms with Crippen LogP contribution in [-0.2, 0) is 14.2 Å². The predicted octanol–water partition coefficient (Wildman–Crippen LogP) is 2.52. The smallest absolute Gasteiger partial charge is 0.0701 e. The lowest BCUT2D eigenvalue weighted by Gasteiger charge is -2.17. The van der Waals surface area contributed by atoms with Gasteiger partial charge in [0.05, 0.1) is 39.6 Å². The summed E-state index contributed by atoms with van der Waals surface area (Å²) in [5, 5.41) is 0. The van der Waals surface area contributed by atoms with E-state index in [0.29, 0.717) is 26.4 Å². The van der Waals surface area contributed by atoms with Crippen molar-refractivity contribution in [1.29, 1.82) is 0 Å². The van der Waals surface area contributed by atoms with Gasteiger partial charge in [-0.05, 0) is 5.41 Å². The van der Waals surface area contributed by atoms with E-state index in [1.54, 1.807) is 0 Å². The molecule has 3 nitrogen and oxygen atoms in total. The third kappa shape index (κ3) is 14.6. The number of ether oxygens (including phenoxy) is 3. The van der Waals surface area contributed by atoms with Gasteiger partial charge in [0.25, 0.3) is 0 Å². The lowest BCUT2D eigenvalue weighted by molar-refractivity contribution is 0.00129. The van der Waals surface area contributed by atoms with Gasteiger partial charge < -0.3 is 14.2 Å². The Morgan fingerprint density at radius 3 is 1.73 bits per heavy atom. The SMILES string of the molecule is CC(C)(C)COCCOCCOCCI. The first-order chi connectivity index (χ1) is 7.06. The van der Waals surface area contributed by atoms with Crippen molar-refractivity contribution in [2.45, 2.75) is 20.8 Å². The van der Waals surface area contributed by atoms with E-state index in [9.17, 15) is 0 Å². The fraction of sp³-hybridized carbons (Fsp3) is 1.00. The van der Waals surface area contributed by atoms with Crippen molar-refractivity contribution >= 4 is 22.6 Å². The summed E-state index contributed by atoms with van der Waals surface area (Å²) in [6.45, 7) is 10.7. The fourth-order valence-electron chi connectivity index (χ4n) is 0.873. The first-order valence-electron chi connectivity index (χ1n) is 5.35. The third-order valence-electron chi connectivity index (χ3n) is 1.50. The van der Waals surface area contributed by atoms with Gasteiger partial charge in [-0.3, -0.25) is 0 Å². The molecule has 0 rings (SSSR count). The minimum atomic E-state index is 0.239. The van der Waals surface area contributed by atoms with Crippen LogP contribution in [0.4, 0.5) is 0 Å². The second-order valence-electron chi connectivity index (χ2n) is 4.53. The van der Waals surface area contributed by atoms with Crippen molar-refractivity contribution in [2.24, 2.45) is 5.41 Å². The van der Waals surface area contributed by atoms with Crippen LogP contribution in [0.2, 0.25) is 0 Å². The van der Waals surface area contributed by atoms with Gasteiger partial charge in [-0.25, -0.2) is 0 Å². The Bertz CT molecular complexity index is 134. The van der Waals surface area contributed by atoms with Crippen LogP contribution in [0, 0.1) is 5.41 Å². The molecule has 0 fully saturated rings. The van der Waals surface area contributed by atoms with Crippen molar-refractivity contribution in [1.82, 2.24) is 0 Å². The van der Waals surface area contributed by atoms with Crippen LogP contribution in [0.25, 0.3) is 0 Å². The molecular formula is C11H23IO3. The summed E-state index contributed by atoms with van der Waals surface area (Å²) in [7, 11) is 0. The lowest BCUT2D eigenvalue weighted by atomic mass is 9.99. The zero-order chi connectivity index (χ0) is 11.6. The van der Waals surface area contributed by atoms with Gasteiger partial charge in [-0.1, -0.05) is 43.4 Å². The largest absolute Gasteiger partial charge is 0.379 e. The summed E-state index contributed by atoms with van der Waals surface area (Å²) < 4.78 is 17.1. The molecule has 0 unspecified atom stereocenters. The number of hydrogen-bond acceptors (Lipinski definition) is 3. The highest BCUT2D eigenvalue weighted by Gasteiger charge is 2.09. The molecule has 4 heteroatoms. The normalized spacial score (nSPS) is 12.0. The monoisotopic (exact) mass is 330 g/mol. The second-order valence-corrected chi connectivity index (χ2v) is 5.61. The maximum atomic E-state index is 5.46. The van der Waals surface area contributed by atoms with Crippen LogP contribution in [0.1, 0.15) is 20.8 Å². The van der Waals surface area contributed by atoms with Crippen LogP contribution in [0.15, 0.2) is 0 Å². The van der Waals surface area contributed by atoms with Crippen LogP contribution < -0.4 is 0 Å². The summed E-state index contributed by atoms with van der Waals surface area (Å²) >= 11 is 2.29. The van der Waals surface area contributed by atoms with Crippen molar-refractivity contribution in [3.05, 3.63) is 0 Å². The average Bonchev–Trinajstić information content (AvgIpc) is 2.14. The maximum Gasteiger partial charge on any atom is 0.0701 e. The second kappa shape index (κ2) is 9.81. The molecule has 0 aliphatic carbocycles. The van der Waals surface area contributed by atoms with Gasteiger partial charge in [0, 0.05) is 4.43 Å². The number of hydrogen-bond donors (Lipinski definition) is 0. The van der Waals surface area contributed by atoms with Gasteiger partial charge in [0.1, 0.15) is 0 Å². The quantitative estimate of drug-likeness (QED) is 0.369. The molecule has 0 saturated heterocycles. The minimum Gasteiger partial charge on any atom is -0.379 e. The van der Waals surface area contributed by atoms with Crippen molar-refractivity contribution in [3.8, 4) is 0 Å². The third-order valence-corrected chi connectivity index (χ3v) is 1.94. The molecule has 0 aromatic heterocycles. The first kappa shape index (κ1) is 15.6. The molecule has 0 radical (unpaired) electrons. The summed E-state index contributed by atoms with van der Waals surface area (Å²) in [6, 6.07) is 0. The highest BCUT2D eigenvalue weighted by atomic mass is 127. The molecule has 0 spiro atoms. The van der Waals surface area contributed by atoms with E-state index in [1.165, 1.54) is 0 Å². The zero-order valence-electron chi connectivity index (χ0n) is 10.1. The standard InChI is InChI=1S/C11H23IO3/c1-11(2,3)10-15-9-8-14-7-6-13-5-4-12/h4-10H2,1-3H3. The van der Waals surface area contributed by atoms with Gasteiger partial charge in [-0.15, -0.1) is 0 Å². The molecule has 0 aromatic rings. The molecular weight excluding hydrogens is 307 g/mol. The Balaban J connectivity index is 2.99. The Morgan fingerprint density at radius 1 is 0.800 bits per heavy atom. The lowest BCUT2D eigenvalue weighted by Crippen LogP contribution is -2.17. The molecule has 92 valence electrons. The summed E-state index contributed by atoms with van der Waals surface area (Å²) in [6.07, 6.45) is 0. The van der Waals surface area contributed by atoms with Crippen LogP contribution in [-0.4, -0.2) is 44.1 Å². The highest BCUT2D eigenvalue weighted by Crippen LogP contribution is 2.12. The molecule has 0 N–H and O–H groups in total. The fourth-order valence-corrected chi connectivity index (χ4v) is 1.18. The molecule has 0 aliphatic rings. The molecule has 0 bridgehead atoms. The van der Waals surface area contributed by atoms with Crippen molar-refractivity contribution in [3.63, 3.8) is 0 Å². The topological polar surface area (TPSA) is 27.7 Å². The highest BCUT2D eigenvalue weighted by molar-refractivity contribution is 14.1. The number of alkyl halides is 1. The minimum absolute atomic E-state index is 0.239. The van der Waals surface area contributed by atoms with E-state index < -0.39 is 0 Å². The number of rotatable bonds is 9. The van der Waals surface area contributed by atoms with E-state index in [2.05, 4.69) is 43.4 Å². The van der Waals surface area contributed by atoms with Gasteiger partial charge in [0.15, 0.2) is 0 Å². The molecule has 0 heterocycles. The predicted molar refractivity (Wildman–Crippen MR) is 70.8 cm³/mol. The molecule has 0 amide bonds. The Labute approximate surface area is 107 Å². The molecule has 0 aromatic carbocycles. The van der Waals surface area contributed by atoms with E-state index in [4.69, 9.17) is 14.2 Å². The van der Waals surface area contributed by atoms with Gasteiger partial charge in [-0.2, -0.15) is 0 Å². The maximum absolute atomic E-state index is 5.46. The molecule has 0 aliphatic heterocycles. The van der Waals surface area contributed by atoms with E-state index in [-0.39, 0.29) is 5.41 Å². The Morgan fingerprint density at radius 2 is 1.27 bits per heavy atom. The van der Waals surface area contributed by atoms with E-state index in [0.717, 1.165) is 17.6 Å². The summed E-state index contributed by atoms with van der Waals surface area (Å²) in [4.78, 5) is 0. The van der Waals surface area contributed by atoms with Gasteiger partial charge >= 0.3 is 0 Å². The zero-order valence-corrected chi connectivity index (χ0v) is 12.2. The Hall–Kier alpha value is 0.610. The van der Waals surface area contributed by atoms with Crippen molar-refractivity contribution in [2.75, 3.05) is 44.1 Å². The van der Waals surface area contributed by atoms with E-state index in [1.807, 2.05) is 0 Å². The molecule has 0 atom stereocenters. The number of halogens is 1. The van der Waals surface area contributed by atoms with Crippen LogP contribution >= 0.6 is 22.6 Å². The Kier molecular flexibility index (Phi) is 10.2. The molecule has 15 heavy (non-hydrogen) atoms. The molecule has 0 saturated carbocycles. The summed E-state index contributed by atoms with van der Waals surface area (Å²) in [5.74, 6) is 0. The van der Waals surface area contributed by atoms with Crippen LogP contribution in [0.3, 0.4) is 0 Å². The van der Waals surface area contributed by atoms with Crippen LogP contribution in [0.5, 0.6) is 0 Å². The first-order valence-corrected chi connectivity index (χ1v) is 6.88. The van der Waals surface area contributed by atoms with Crippen molar-refractivity contribution < 1.29 is 14.2 Å². The summed E-state index contributed by atoms with van der Waals surface area (Å²) in [5.41, 5.74) is 0.239.